The normalized spacial score (nSPS) is 16.8. The minimum Gasteiger partial charge on any atom is -0.485 e. The summed E-state index contributed by atoms with van der Waals surface area (Å²) in [4.78, 5) is 24.9. The van der Waals surface area contributed by atoms with Crippen molar-refractivity contribution in [3.8, 4) is 11.5 Å². The predicted molar refractivity (Wildman–Crippen MR) is 92.2 cm³/mol. The molecule has 2 atom stereocenters. The number of rotatable bonds is 4. The van der Waals surface area contributed by atoms with E-state index >= 15 is 0 Å². The van der Waals surface area contributed by atoms with Gasteiger partial charge in [-0.3, -0.25) is 4.79 Å². The summed E-state index contributed by atoms with van der Waals surface area (Å²) in [6.07, 6.45) is -1.78. The average molecular weight is 340 g/mol. The van der Waals surface area contributed by atoms with Gasteiger partial charge in [-0.1, -0.05) is 29.8 Å². The second-order valence-electron chi connectivity index (χ2n) is 6.13. The molecule has 2 aromatic rings. The molecule has 0 radical (unpaired) electrons. The Morgan fingerprint density at radius 2 is 1.84 bits per heavy atom. The summed E-state index contributed by atoms with van der Waals surface area (Å²) >= 11 is 0. The van der Waals surface area contributed by atoms with Gasteiger partial charge in [0.2, 0.25) is 11.9 Å². The van der Waals surface area contributed by atoms with Crippen molar-refractivity contribution in [3.63, 3.8) is 0 Å². The summed E-state index contributed by atoms with van der Waals surface area (Å²) in [6.45, 7) is 5.40. The van der Waals surface area contributed by atoms with E-state index in [0.29, 0.717) is 17.1 Å². The van der Waals surface area contributed by atoms with Crippen LogP contribution in [0.1, 0.15) is 28.4 Å². The zero-order valence-electron chi connectivity index (χ0n) is 14.4. The number of esters is 1. The van der Waals surface area contributed by atoms with E-state index in [1.807, 2.05) is 32.0 Å². The molecule has 0 amide bonds. The summed E-state index contributed by atoms with van der Waals surface area (Å²) in [5, 5.41) is 0. The molecule has 5 heteroatoms. The van der Waals surface area contributed by atoms with Gasteiger partial charge in [0.1, 0.15) is 6.61 Å². The van der Waals surface area contributed by atoms with Gasteiger partial charge in [-0.2, -0.15) is 0 Å². The zero-order chi connectivity index (χ0) is 18.0. The highest BCUT2D eigenvalue weighted by atomic mass is 16.6. The minimum absolute atomic E-state index is 0.0558. The lowest BCUT2D eigenvalue weighted by molar-refractivity contribution is -0.157. The van der Waals surface area contributed by atoms with Gasteiger partial charge in [0.15, 0.2) is 17.6 Å². The summed E-state index contributed by atoms with van der Waals surface area (Å²) in [5.41, 5.74) is 2.39. The van der Waals surface area contributed by atoms with Crippen molar-refractivity contribution in [2.45, 2.75) is 33.0 Å². The van der Waals surface area contributed by atoms with Gasteiger partial charge < -0.3 is 14.2 Å². The molecule has 3 rings (SSSR count). The Labute approximate surface area is 146 Å². The molecular weight excluding hydrogens is 320 g/mol. The van der Waals surface area contributed by atoms with E-state index in [-0.39, 0.29) is 12.4 Å². The molecule has 0 aliphatic carbocycles. The second kappa shape index (κ2) is 6.97. The summed E-state index contributed by atoms with van der Waals surface area (Å²) in [6, 6.07) is 12.7. The van der Waals surface area contributed by atoms with E-state index in [2.05, 4.69) is 0 Å². The molecule has 0 aromatic heterocycles. The third-order valence-electron chi connectivity index (χ3n) is 4.09. The van der Waals surface area contributed by atoms with Crippen molar-refractivity contribution in [2.24, 2.45) is 0 Å². The molecule has 130 valence electrons. The highest BCUT2D eigenvalue weighted by Crippen LogP contribution is 2.31. The first kappa shape index (κ1) is 17.0. The van der Waals surface area contributed by atoms with E-state index in [0.717, 1.165) is 11.1 Å². The SMILES string of the molecule is Cc1ccc(C)c(C(=O)[C@@H](C)OC(=O)[C@@H]2COc3ccccc3O2)c1. The van der Waals surface area contributed by atoms with Crippen LogP contribution in [0.25, 0.3) is 0 Å². The molecule has 0 fully saturated rings. The lowest BCUT2D eigenvalue weighted by Gasteiger charge is -2.26. The average Bonchev–Trinajstić information content (AvgIpc) is 2.62. The van der Waals surface area contributed by atoms with Crippen LogP contribution in [0.5, 0.6) is 11.5 Å². The number of para-hydroxylation sites is 2. The highest BCUT2D eigenvalue weighted by Gasteiger charge is 2.31. The number of ketones is 1. The molecule has 0 saturated heterocycles. The number of hydrogen-bond acceptors (Lipinski definition) is 5. The first-order valence-electron chi connectivity index (χ1n) is 8.16. The molecule has 0 N–H and O–H groups in total. The predicted octanol–water partition coefficient (Wildman–Crippen LogP) is 3.26. The number of fused-ring (bicyclic) bond motifs is 1. The van der Waals surface area contributed by atoms with Crippen LogP contribution in [0.4, 0.5) is 0 Å². The molecule has 2 aromatic carbocycles. The molecular formula is C20H20O5. The monoisotopic (exact) mass is 340 g/mol. The Hall–Kier alpha value is -2.82. The number of hydrogen-bond donors (Lipinski definition) is 0. The van der Waals surface area contributed by atoms with Crippen LogP contribution >= 0.6 is 0 Å². The molecule has 0 saturated carbocycles. The molecule has 1 heterocycles. The molecule has 1 aliphatic heterocycles. The smallest absolute Gasteiger partial charge is 0.351 e. The maximum absolute atomic E-state index is 12.6. The molecule has 0 unspecified atom stereocenters. The van der Waals surface area contributed by atoms with Crippen molar-refractivity contribution >= 4 is 11.8 Å². The number of ether oxygens (including phenoxy) is 3. The summed E-state index contributed by atoms with van der Waals surface area (Å²) in [7, 11) is 0. The van der Waals surface area contributed by atoms with Crippen molar-refractivity contribution in [1.82, 2.24) is 0 Å². The Kier molecular flexibility index (Phi) is 4.74. The Morgan fingerprint density at radius 1 is 1.12 bits per heavy atom. The third kappa shape index (κ3) is 3.65. The topological polar surface area (TPSA) is 61.8 Å². The number of carbonyl (C=O) groups excluding carboxylic acids is 2. The molecule has 1 aliphatic rings. The lowest BCUT2D eigenvalue weighted by Crippen LogP contribution is -2.40. The van der Waals surface area contributed by atoms with Crippen molar-refractivity contribution in [3.05, 3.63) is 59.2 Å². The molecule has 0 bridgehead atoms. The fourth-order valence-electron chi connectivity index (χ4n) is 2.66. The van der Waals surface area contributed by atoms with Gasteiger partial charge in [0.05, 0.1) is 0 Å². The van der Waals surface area contributed by atoms with E-state index in [9.17, 15) is 9.59 Å². The van der Waals surface area contributed by atoms with Crippen LogP contribution in [-0.2, 0) is 9.53 Å². The number of Topliss-reactive ketones (excluding diaryl/α,β-unsaturated/α-hetero) is 1. The second-order valence-corrected chi connectivity index (χ2v) is 6.13. The van der Waals surface area contributed by atoms with E-state index < -0.39 is 18.2 Å². The van der Waals surface area contributed by atoms with E-state index in [1.165, 1.54) is 0 Å². The number of aryl methyl sites for hydroxylation is 2. The van der Waals surface area contributed by atoms with Gasteiger partial charge in [-0.25, -0.2) is 4.79 Å². The van der Waals surface area contributed by atoms with Crippen LogP contribution in [0.3, 0.4) is 0 Å². The molecule has 0 spiro atoms. The summed E-state index contributed by atoms with van der Waals surface area (Å²) < 4.78 is 16.4. The fourth-order valence-corrected chi connectivity index (χ4v) is 2.66. The van der Waals surface area contributed by atoms with Gasteiger partial charge >= 0.3 is 5.97 Å². The third-order valence-corrected chi connectivity index (χ3v) is 4.09. The highest BCUT2D eigenvalue weighted by molar-refractivity contribution is 6.01. The zero-order valence-corrected chi connectivity index (χ0v) is 14.4. The number of benzene rings is 2. The van der Waals surface area contributed by atoms with Gasteiger partial charge in [-0.15, -0.1) is 0 Å². The Bertz CT molecular complexity index is 811. The summed E-state index contributed by atoms with van der Waals surface area (Å²) in [5.74, 6) is 0.239. The van der Waals surface area contributed by atoms with Gasteiger partial charge in [0.25, 0.3) is 0 Å². The Balaban J connectivity index is 1.67. The van der Waals surface area contributed by atoms with Crippen LogP contribution in [0.15, 0.2) is 42.5 Å². The van der Waals surface area contributed by atoms with Gasteiger partial charge in [-0.05, 0) is 44.5 Å². The van der Waals surface area contributed by atoms with Gasteiger partial charge in [0, 0.05) is 5.56 Å². The quantitative estimate of drug-likeness (QED) is 0.631. The van der Waals surface area contributed by atoms with Crippen LogP contribution in [-0.4, -0.2) is 30.6 Å². The first-order valence-corrected chi connectivity index (χ1v) is 8.16. The molecule has 25 heavy (non-hydrogen) atoms. The standard InChI is InChI=1S/C20H20O5/c1-12-8-9-13(2)15(10-12)19(21)14(3)24-20(22)18-11-23-16-6-4-5-7-17(16)25-18/h4-10,14,18H,11H2,1-3H3/t14-,18+/m1/s1. The number of carbonyl (C=O) groups is 2. The Morgan fingerprint density at radius 3 is 2.60 bits per heavy atom. The lowest BCUT2D eigenvalue weighted by atomic mass is 9.99. The molecule has 5 nitrogen and oxygen atoms in total. The fraction of sp³-hybridized carbons (Fsp3) is 0.300. The van der Waals surface area contributed by atoms with Crippen molar-refractivity contribution < 1.29 is 23.8 Å². The maximum atomic E-state index is 12.6. The first-order chi connectivity index (χ1) is 12.0. The largest absolute Gasteiger partial charge is 0.485 e. The van der Waals surface area contributed by atoms with Crippen LogP contribution in [0, 0.1) is 13.8 Å². The van der Waals surface area contributed by atoms with E-state index in [4.69, 9.17) is 14.2 Å². The maximum Gasteiger partial charge on any atom is 0.351 e. The van der Waals surface area contributed by atoms with Crippen molar-refractivity contribution in [2.75, 3.05) is 6.61 Å². The van der Waals surface area contributed by atoms with Crippen LogP contribution < -0.4 is 9.47 Å². The van der Waals surface area contributed by atoms with Crippen molar-refractivity contribution in [1.29, 1.82) is 0 Å². The van der Waals surface area contributed by atoms with E-state index in [1.54, 1.807) is 31.2 Å². The van der Waals surface area contributed by atoms with Crippen LogP contribution in [0.2, 0.25) is 0 Å². The minimum atomic E-state index is -0.895.